The van der Waals surface area contributed by atoms with Crippen LogP contribution in [-0.4, -0.2) is 20.3 Å². The zero-order valence-corrected chi connectivity index (χ0v) is 10.2. The van der Waals surface area contributed by atoms with E-state index in [1.165, 1.54) is 0 Å². The van der Waals surface area contributed by atoms with E-state index < -0.39 is 7.52 Å². The SMILES string of the molecule is COc1ccc(P2(=O)NCCCCO2)cc1. The molecule has 0 aliphatic carbocycles. The number of nitrogens with one attached hydrogen (secondary N) is 1. The Morgan fingerprint density at radius 2 is 2.06 bits per heavy atom. The Hall–Kier alpha value is -0.830. The molecule has 1 saturated heterocycles. The molecule has 1 aromatic carbocycles. The highest BCUT2D eigenvalue weighted by atomic mass is 31.2. The molecule has 1 aliphatic rings. The molecule has 88 valence electrons. The lowest BCUT2D eigenvalue weighted by Crippen LogP contribution is -2.20. The van der Waals surface area contributed by atoms with Crippen molar-refractivity contribution in [1.29, 1.82) is 0 Å². The Labute approximate surface area is 95.5 Å². The van der Waals surface area contributed by atoms with Crippen molar-refractivity contribution in [2.75, 3.05) is 20.3 Å². The van der Waals surface area contributed by atoms with Crippen molar-refractivity contribution in [1.82, 2.24) is 5.09 Å². The second-order valence-electron chi connectivity index (χ2n) is 3.70. The van der Waals surface area contributed by atoms with Gasteiger partial charge in [0.15, 0.2) is 0 Å². The highest BCUT2D eigenvalue weighted by Crippen LogP contribution is 2.42. The second kappa shape index (κ2) is 5.00. The maximum atomic E-state index is 12.5. The van der Waals surface area contributed by atoms with Gasteiger partial charge in [-0.05, 0) is 37.1 Å². The van der Waals surface area contributed by atoms with Crippen molar-refractivity contribution in [3.8, 4) is 5.75 Å². The van der Waals surface area contributed by atoms with Gasteiger partial charge in [0.1, 0.15) is 5.75 Å². The Balaban J connectivity index is 2.23. The highest BCUT2D eigenvalue weighted by Gasteiger charge is 2.26. The molecule has 1 heterocycles. The summed E-state index contributed by atoms with van der Waals surface area (Å²) in [5, 5.41) is 3.71. The minimum absolute atomic E-state index is 0.552. The van der Waals surface area contributed by atoms with Gasteiger partial charge in [-0.15, -0.1) is 0 Å². The number of rotatable bonds is 2. The number of hydrogen-bond acceptors (Lipinski definition) is 3. The third kappa shape index (κ3) is 2.46. The zero-order valence-electron chi connectivity index (χ0n) is 9.31. The average Bonchev–Trinajstić information content (AvgIpc) is 2.55. The first-order chi connectivity index (χ1) is 7.74. The van der Waals surface area contributed by atoms with Crippen LogP contribution in [0.1, 0.15) is 12.8 Å². The fraction of sp³-hybridized carbons (Fsp3) is 0.455. The van der Waals surface area contributed by atoms with Crippen LogP contribution in [0.4, 0.5) is 0 Å². The molecule has 0 saturated carbocycles. The molecule has 1 aromatic rings. The third-order valence-corrected chi connectivity index (χ3v) is 4.74. The Morgan fingerprint density at radius 3 is 2.75 bits per heavy atom. The summed E-state index contributed by atoms with van der Waals surface area (Å²) in [4.78, 5) is 0. The number of hydrogen-bond donors (Lipinski definition) is 1. The number of benzene rings is 1. The molecule has 0 radical (unpaired) electrons. The van der Waals surface area contributed by atoms with E-state index in [-0.39, 0.29) is 0 Å². The van der Waals surface area contributed by atoms with Crippen molar-refractivity contribution in [3.05, 3.63) is 24.3 Å². The molecule has 0 bridgehead atoms. The molecule has 0 amide bonds. The van der Waals surface area contributed by atoms with E-state index in [1.54, 1.807) is 31.4 Å². The first kappa shape index (κ1) is 11.6. The Bertz CT molecular complexity index is 379. The first-order valence-corrected chi connectivity index (χ1v) is 7.01. The van der Waals surface area contributed by atoms with Gasteiger partial charge in [0.2, 0.25) is 0 Å². The van der Waals surface area contributed by atoms with Crippen molar-refractivity contribution in [2.24, 2.45) is 0 Å². The van der Waals surface area contributed by atoms with Crippen LogP contribution in [0.5, 0.6) is 5.75 Å². The summed E-state index contributed by atoms with van der Waals surface area (Å²) in [7, 11) is -1.24. The summed E-state index contributed by atoms with van der Waals surface area (Å²) in [5.74, 6) is 0.755. The van der Waals surface area contributed by atoms with Crippen LogP contribution in [0.2, 0.25) is 0 Å². The summed E-state index contributed by atoms with van der Waals surface area (Å²) < 4.78 is 23.0. The lowest BCUT2D eigenvalue weighted by molar-refractivity contribution is 0.319. The van der Waals surface area contributed by atoms with Crippen LogP contribution in [0.15, 0.2) is 24.3 Å². The maximum absolute atomic E-state index is 12.5. The van der Waals surface area contributed by atoms with E-state index in [4.69, 9.17) is 9.26 Å². The van der Waals surface area contributed by atoms with Crippen LogP contribution < -0.4 is 15.1 Å². The molecule has 1 fully saturated rings. The molecule has 2 rings (SSSR count). The molecule has 4 nitrogen and oxygen atoms in total. The quantitative estimate of drug-likeness (QED) is 0.803. The Kier molecular flexibility index (Phi) is 3.64. The van der Waals surface area contributed by atoms with Gasteiger partial charge < -0.3 is 9.26 Å². The summed E-state index contributed by atoms with van der Waals surface area (Å²) in [6, 6.07) is 7.17. The van der Waals surface area contributed by atoms with Gasteiger partial charge >= 0.3 is 0 Å². The van der Waals surface area contributed by atoms with Gasteiger partial charge in [0.05, 0.1) is 19.0 Å². The van der Waals surface area contributed by atoms with E-state index in [0.29, 0.717) is 11.9 Å². The van der Waals surface area contributed by atoms with E-state index in [2.05, 4.69) is 5.09 Å². The van der Waals surface area contributed by atoms with Crippen LogP contribution in [0, 0.1) is 0 Å². The van der Waals surface area contributed by atoms with Gasteiger partial charge in [-0.3, -0.25) is 4.57 Å². The number of ether oxygens (including phenoxy) is 1. The minimum Gasteiger partial charge on any atom is -0.497 e. The molecule has 1 aliphatic heterocycles. The lowest BCUT2D eigenvalue weighted by Gasteiger charge is -2.17. The van der Waals surface area contributed by atoms with Gasteiger partial charge in [0.25, 0.3) is 7.52 Å². The molecule has 1 atom stereocenters. The third-order valence-electron chi connectivity index (χ3n) is 2.58. The summed E-state index contributed by atoms with van der Waals surface area (Å²) >= 11 is 0. The van der Waals surface area contributed by atoms with E-state index >= 15 is 0 Å². The van der Waals surface area contributed by atoms with Crippen molar-refractivity contribution in [3.63, 3.8) is 0 Å². The predicted octanol–water partition coefficient (Wildman–Crippen LogP) is 1.91. The fourth-order valence-electron chi connectivity index (χ4n) is 1.64. The summed E-state index contributed by atoms with van der Waals surface area (Å²) in [6.07, 6.45) is 1.95. The minimum atomic E-state index is -2.85. The van der Waals surface area contributed by atoms with Gasteiger partial charge in [0, 0.05) is 6.54 Å². The smallest absolute Gasteiger partial charge is 0.299 e. The van der Waals surface area contributed by atoms with Gasteiger partial charge in [-0.2, -0.15) is 0 Å². The topological polar surface area (TPSA) is 47.6 Å². The predicted molar refractivity (Wildman–Crippen MR) is 63.4 cm³/mol. The summed E-state index contributed by atoms with van der Waals surface area (Å²) in [6.45, 7) is 1.29. The second-order valence-corrected chi connectivity index (χ2v) is 5.89. The van der Waals surface area contributed by atoms with Crippen LogP contribution >= 0.6 is 7.52 Å². The molecule has 16 heavy (non-hydrogen) atoms. The standard InChI is InChI=1S/C11H16NO3P/c1-14-10-4-6-11(7-5-10)16(13)12-8-2-3-9-15-16/h4-7H,2-3,8-9H2,1H3,(H,12,13). The van der Waals surface area contributed by atoms with E-state index in [1.807, 2.05) is 0 Å². The van der Waals surface area contributed by atoms with Crippen molar-refractivity contribution in [2.45, 2.75) is 12.8 Å². The van der Waals surface area contributed by atoms with Gasteiger partial charge in [-0.25, -0.2) is 5.09 Å². The molecule has 0 aromatic heterocycles. The van der Waals surface area contributed by atoms with E-state index in [9.17, 15) is 4.57 Å². The lowest BCUT2D eigenvalue weighted by atomic mass is 10.3. The summed E-state index contributed by atoms with van der Waals surface area (Å²) in [5.41, 5.74) is 0. The van der Waals surface area contributed by atoms with E-state index in [0.717, 1.165) is 25.1 Å². The molecule has 1 N–H and O–H groups in total. The average molecular weight is 241 g/mol. The first-order valence-electron chi connectivity index (χ1n) is 5.39. The molecule has 5 heteroatoms. The van der Waals surface area contributed by atoms with Crippen LogP contribution in [0.25, 0.3) is 0 Å². The molecular weight excluding hydrogens is 225 g/mol. The normalized spacial score (nSPS) is 26.1. The molecular formula is C11H16NO3P. The van der Waals surface area contributed by atoms with Gasteiger partial charge in [-0.1, -0.05) is 0 Å². The van der Waals surface area contributed by atoms with Crippen LogP contribution in [-0.2, 0) is 9.09 Å². The molecule has 1 unspecified atom stereocenters. The monoisotopic (exact) mass is 241 g/mol. The van der Waals surface area contributed by atoms with Crippen molar-refractivity contribution < 1.29 is 13.8 Å². The Morgan fingerprint density at radius 1 is 1.31 bits per heavy atom. The maximum Gasteiger partial charge on any atom is 0.299 e. The molecule has 0 spiro atoms. The zero-order chi connectivity index (χ0) is 11.4. The van der Waals surface area contributed by atoms with Crippen molar-refractivity contribution >= 4 is 12.8 Å². The fourth-order valence-corrected chi connectivity index (χ4v) is 3.44. The van der Waals surface area contributed by atoms with Crippen LogP contribution in [0.3, 0.4) is 0 Å². The highest BCUT2D eigenvalue weighted by molar-refractivity contribution is 7.65. The largest absolute Gasteiger partial charge is 0.497 e. The number of methoxy groups -OCH3 is 1.